The van der Waals surface area contributed by atoms with Gasteiger partial charge < -0.3 is 5.32 Å². The molecule has 1 unspecified atom stereocenters. The molecule has 5 heteroatoms. The van der Waals surface area contributed by atoms with Crippen molar-refractivity contribution < 1.29 is 4.79 Å². The molecule has 24 heavy (non-hydrogen) atoms. The minimum Gasteiger partial charge on any atom is -0.325 e. The van der Waals surface area contributed by atoms with Crippen molar-refractivity contribution in [3.63, 3.8) is 0 Å². The van der Waals surface area contributed by atoms with Crippen LogP contribution in [0, 0.1) is 0 Å². The molecular formula is C19H20N2OS2. The lowest BCUT2D eigenvalue weighted by molar-refractivity contribution is -0.115. The second-order valence-corrected chi connectivity index (χ2v) is 8.15. The third kappa shape index (κ3) is 4.22. The third-order valence-electron chi connectivity index (χ3n) is 3.83. The highest BCUT2D eigenvalue weighted by atomic mass is 32.2. The maximum absolute atomic E-state index is 12.4. The van der Waals surface area contributed by atoms with E-state index in [1.807, 2.05) is 49.4 Å². The van der Waals surface area contributed by atoms with Gasteiger partial charge in [0.25, 0.3) is 0 Å². The van der Waals surface area contributed by atoms with Gasteiger partial charge in [-0.1, -0.05) is 60.8 Å². The van der Waals surface area contributed by atoms with Gasteiger partial charge in [-0.3, -0.25) is 4.79 Å². The summed E-state index contributed by atoms with van der Waals surface area (Å²) in [6.07, 6.45) is 0.999. The van der Waals surface area contributed by atoms with Crippen LogP contribution in [0.2, 0.25) is 0 Å². The second kappa shape index (κ2) is 7.90. The number of nitrogens with zero attached hydrogens (tertiary/aromatic N) is 1. The number of fused-ring (bicyclic) bond motifs is 1. The lowest BCUT2D eigenvalue weighted by Crippen LogP contribution is -2.23. The lowest BCUT2D eigenvalue weighted by Gasteiger charge is -2.17. The average molecular weight is 357 g/mol. The van der Waals surface area contributed by atoms with Crippen LogP contribution in [0.25, 0.3) is 0 Å². The first-order valence-corrected chi connectivity index (χ1v) is 9.88. The molecule has 0 fully saturated rings. The molecule has 0 saturated carbocycles. The summed E-state index contributed by atoms with van der Waals surface area (Å²) in [4.78, 5) is 17.1. The summed E-state index contributed by atoms with van der Waals surface area (Å²) >= 11 is 3.22. The van der Waals surface area contributed by atoms with Crippen molar-refractivity contribution >= 4 is 45.2 Å². The molecule has 3 rings (SSSR count). The molecule has 1 N–H and O–H groups in total. The zero-order valence-electron chi connectivity index (χ0n) is 13.8. The van der Waals surface area contributed by atoms with Crippen molar-refractivity contribution in [3.05, 3.63) is 59.7 Å². The molecule has 124 valence electrons. The Bertz CT molecular complexity index is 756. The topological polar surface area (TPSA) is 41.5 Å². The maximum Gasteiger partial charge on any atom is 0.237 e. The van der Waals surface area contributed by atoms with Crippen LogP contribution in [0.5, 0.6) is 0 Å². The van der Waals surface area contributed by atoms with Crippen LogP contribution in [-0.4, -0.2) is 15.5 Å². The molecule has 1 atom stereocenters. The van der Waals surface area contributed by atoms with E-state index < -0.39 is 0 Å². The molecule has 1 aliphatic heterocycles. The van der Waals surface area contributed by atoms with Gasteiger partial charge in [0.1, 0.15) is 4.38 Å². The van der Waals surface area contributed by atoms with E-state index in [-0.39, 0.29) is 11.2 Å². The fourth-order valence-corrected chi connectivity index (χ4v) is 4.53. The van der Waals surface area contributed by atoms with Crippen LogP contribution < -0.4 is 5.32 Å². The predicted octanol–water partition coefficient (Wildman–Crippen LogP) is 5.24. The summed E-state index contributed by atoms with van der Waals surface area (Å²) in [5.41, 5.74) is 4.37. The summed E-state index contributed by atoms with van der Waals surface area (Å²) in [5, 5.41) is 2.79. The first kappa shape index (κ1) is 17.1. The summed E-state index contributed by atoms with van der Waals surface area (Å²) in [6.45, 7) is 4.04. The van der Waals surface area contributed by atoms with Gasteiger partial charge >= 0.3 is 0 Å². The number of para-hydroxylation sites is 1. The standard InChI is InChI=1S/C19H20N2OS2/c1-3-14-8-10-16(11-9-14)20-18(22)13(2)24-19-21-17-7-5-4-6-15(17)12-23-19/h4-11,13H,3,12H2,1-2H3,(H,20,22). The number of benzene rings is 2. The summed E-state index contributed by atoms with van der Waals surface area (Å²) in [6, 6.07) is 16.2. The van der Waals surface area contributed by atoms with Gasteiger partial charge in [-0.05, 0) is 42.7 Å². The van der Waals surface area contributed by atoms with Crippen molar-refractivity contribution in [2.45, 2.75) is 31.3 Å². The number of anilines is 1. The molecule has 0 aromatic heterocycles. The van der Waals surface area contributed by atoms with Crippen LogP contribution in [0.3, 0.4) is 0 Å². The zero-order chi connectivity index (χ0) is 16.9. The zero-order valence-corrected chi connectivity index (χ0v) is 15.4. The second-order valence-electron chi connectivity index (χ2n) is 5.59. The van der Waals surface area contributed by atoms with Crippen molar-refractivity contribution in [2.75, 3.05) is 5.32 Å². The number of aryl methyl sites for hydroxylation is 1. The van der Waals surface area contributed by atoms with Crippen molar-refractivity contribution in [1.29, 1.82) is 0 Å². The third-order valence-corrected chi connectivity index (χ3v) is 6.13. The monoisotopic (exact) mass is 356 g/mol. The summed E-state index contributed by atoms with van der Waals surface area (Å²) < 4.78 is 0.956. The Morgan fingerprint density at radius 1 is 1.25 bits per heavy atom. The summed E-state index contributed by atoms with van der Waals surface area (Å²) in [5.74, 6) is 0.917. The highest BCUT2D eigenvalue weighted by molar-refractivity contribution is 8.39. The Morgan fingerprint density at radius 3 is 2.75 bits per heavy atom. The minimum atomic E-state index is -0.188. The van der Waals surface area contributed by atoms with Gasteiger partial charge in [0.2, 0.25) is 5.91 Å². The quantitative estimate of drug-likeness (QED) is 0.814. The van der Waals surface area contributed by atoms with E-state index >= 15 is 0 Å². The van der Waals surface area contributed by atoms with E-state index in [1.165, 1.54) is 22.9 Å². The number of nitrogens with one attached hydrogen (secondary N) is 1. The van der Waals surface area contributed by atoms with Crippen LogP contribution in [0.15, 0.2) is 53.5 Å². The summed E-state index contributed by atoms with van der Waals surface area (Å²) in [7, 11) is 0. The van der Waals surface area contributed by atoms with Gasteiger partial charge in [0.15, 0.2) is 0 Å². The van der Waals surface area contributed by atoms with Gasteiger partial charge in [0.05, 0.1) is 10.9 Å². The van der Waals surface area contributed by atoms with Crippen LogP contribution in [0.4, 0.5) is 11.4 Å². The Morgan fingerprint density at radius 2 is 2.00 bits per heavy atom. The molecule has 0 bridgehead atoms. The van der Waals surface area contributed by atoms with Gasteiger partial charge in [-0.15, -0.1) is 0 Å². The van der Waals surface area contributed by atoms with Gasteiger partial charge in [0, 0.05) is 11.4 Å². The maximum atomic E-state index is 12.4. The number of rotatable bonds is 4. The fourth-order valence-electron chi connectivity index (χ4n) is 2.34. The van der Waals surface area contributed by atoms with Crippen molar-refractivity contribution in [2.24, 2.45) is 4.99 Å². The number of hydrogen-bond donors (Lipinski definition) is 1. The number of thioether (sulfide) groups is 2. The first-order valence-electron chi connectivity index (χ1n) is 8.01. The molecule has 0 radical (unpaired) electrons. The Hall–Kier alpha value is -1.72. The van der Waals surface area contributed by atoms with Crippen molar-refractivity contribution in [1.82, 2.24) is 0 Å². The predicted molar refractivity (Wildman–Crippen MR) is 106 cm³/mol. The molecule has 2 aromatic rings. The number of amides is 1. The molecule has 1 amide bonds. The molecule has 1 aliphatic rings. The van der Waals surface area contributed by atoms with E-state index in [4.69, 9.17) is 0 Å². The largest absolute Gasteiger partial charge is 0.325 e. The molecule has 0 aliphatic carbocycles. The average Bonchev–Trinajstić information content (AvgIpc) is 2.62. The number of carbonyl (C=O) groups excluding carboxylic acids is 1. The van der Waals surface area contributed by atoms with Crippen LogP contribution >= 0.6 is 23.5 Å². The highest BCUT2D eigenvalue weighted by Crippen LogP contribution is 2.35. The molecule has 0 spiro atoms. The normalized spacial score (nSPS) is 14.5. The highest BCUT2D eigenvalue weighted by Gasteiger charge is 2.20. The Labute approximate surface area is 151 Å². The Kier molecular flexibility index (Phi) is 5.63. The number of aliphatic imine (C=N–C) groups is 1. The van der Waals surface area contributed by atoms with Crippen LogP contribution in [0.1, 0.15) is 25.0 Å². The van der Waals surface area contributed by atoms with E-state index in [2.05, 4.69) is 23.3 Å². The molecule has 0 saturated heterocycles. The van der Waals surface area contributed by atoms with E-state index in [0.717, 1.165) is 27.9 Å². The van der Waals surface area contributed by atoms with Gasteiger partial charge in [-0.2, -0.15) is 0 Å². The molecule has 1 heterocycles. The first-order chi connectivity index (χ1) is 11.7. The van der Waals surface area contributed by atoms with Crippen molar-refractivity contribution in [3.8, 4) is 0 Å². The van der Waals surface area contributed by atoms with Crippen LogP contribution in [-0.2, 0) is 17.0 Å². The van der Waals surface area contributed by atoms with Gasteiger partial charge in [-0.25, -0.2) is 4.99 Å². The number of hydrogen-bond acceptors (Lipinski definition) is 4. The van der Waals surface area contributed by atoms with E-state index in [0.29, 0.717) is 0 Å². The lowest BCUT2D eigenvalue weighted by atomic mass is 10.1. The SMILES string of the molecule is CCc1ccc(NC(=O)C(C)SC2=Nc3ccccc3CS2)cc1. The molecular weight excluding hydrogens is 336 g/mol. The fraction of sp³-hybridized carbons (Fsp3) is 0.263. The van der Waals surface area contributed by atoms with E-state index in [9.17, 15) is 4.79 Å². The smallest absolute Gasteiger partial charge is 0.237 e. The molecule has 2 aromatic carbocycles. The number of carbonyl (C=O) groups is 1. The molecule has 3 nitrogen and oxygen atoms in total. The minimum absolute atomic E-state index is 0.00593. The van der Waals surface area contributed by atoms with E-state index in [1.54, 1.807) is 11.8 Å². The Balaban J connectivity index is 1.61.